The quantitative estimate of drug-likeness (QED) is 0.497. The highest BCUT2D eigenvalue weighted by Gasteiger charge is 2.31. The van der Waals surface area contributed by atoms with Crippen LogP contribution < -0.4 is 5.32 Å². The summed E-state index contributed by atoms with van der Waals surface area (Å²) >= 11 is 0. The fourth-order valence-electron chi connectivity index (χ4n) is 1.73. The number of rotatable bonds is 4. The number of azide groups is 1. The number of amides is 1. The standard InChI is InChI=1S/C14H17F3N4O2/c1-13(2,3)23-12(22)20-11(8-19-21-18)9-5-4-6-10(7-9)14(15,16)17/h4-7,11H,8H2,1-3H3,(H,20,22). The molecule has 9 heteroatoms. The second-order valence-electron chi connectivity index (χ2n) is 5.74. The van der Waals surface area contributed by atoms with Crippen molar-refractivity contribution in [2.75, 3.05) is 6.54 Å². The zero-order valence-corrected chi connectivity index (χ0v) is 12.9. The third kappa shape index (κ3) is 6.48. The van der Waals surface area contributed by atoms with Crippen LogP contribution in [0.3, 0.4) is 0 Å². The largest absolute Gasteiger partial charge is 0.444 e. The van der Waals surface area contributed by atoms with Crippen molar-refractivity contribution in [1.29, 1.82) is 0 Å². The van der Waals surface area contributed by atoms with Crippen molar-refractivity contribution in [2.45, 2.75) is 38.6 Å². The number of nitrogens with zero attached hydrogens (tertiary/aromatic N) is 3. The maximum absolute atomic E-state index is 12.8. The molecule has 0 saturated heterocycles. The molecule has 6 nitrogen and oxygen atoms in total. The molecule has 0 aromatic heterocycles. The van der Waals surface area contributed by atoms with E-state index in [4.69, 9.17) is 10.3 Å². The van der Waals surface area contributed by atoms with Crippen molar-refractivity contribution >= 4 is 6.09 Å². The van der Waals surface area contributed by atoms with E-state index < -0.39 is 29.5 Å². The number of carbonyl (C=O) groups excluding carboxylic acids is 1. The zero-order chi connectivity index (χ0) is 17.7. The minimum Gasteiger partial charge on any atom is -0.444 e. The van der Waals surface area contributed by atoms with Gasteiger partial charge in [-0.25, -0.2) is 4.79 Å². The number of alkyl halides is 3. The van der Waals surface area contributed by atoms with Crippen LogP contribution in [0, 0.1) is 0 Å². The molecule has 0 radical (unpaired) electrons. The predicted molar refractivity (Wildman–Crippen MR) is 77.6 cm³/mol. The first-order valence-electron chi connectivity index (χ1n) is 6.70. The van der Waals surface area contributed by atoms with Crippen molar-refractivity contribution in [3.8, 4) is 0 Å². The Morgan fingerprint density at radius 2 is 2.04 bits per heavy atom. The summed E-state index contributed by atoms with van der Waals surface area (Å²) in [6, 6.07) is 3.52. The normalized spacial score (nSPS) is 13.0. The molecule has 0 spiro atoms. The molecular formula is C14H17F3N4O2. The molecule has 1 rings (SSSR count). The molecule has 1 unspecified atom stereocenters. The van der Waals surface area contributed by atoms with Crippen LogP contribution >= 0.6 is 0 Å². The summed E-state index contributed by atoms with van der Waals surface area (Å²) in [7, 11) is 0. The van der Waals surface area contributed by atoms with Gasteiger partial charge in [0.25, 0.3) is 0 Å². The summed E-state index contributed by atoms with van der Waals surface area (Å²) in [5.41, 5.74) is 6.95. The second-order valence-corrected chi connectivity index (χ2v) is 5.74. The van der Waals surface area contributed by atoms with Crippen molar-refractivity contribution in [3.63, 3.8) is 0 Å². The van der Waals surface area contributed by atoms with Crippen LogP contribution in [0.15, 0.2) is 29.4 Å². The Labute approximate surface area is 131 Å². The summed E-state index contributed by atoms with van der Waals surface area (Å²) in [5, 5.41) is 5.73. The Morgan fingerprint density at radius 1 is 1.39 bits per heavy atom. The molecule has 0 aliphatic rings. The van der Waals surface area contributed by atoms with Gasteiger partial charge in [0.2, 0.25) is 0 Å². The maximum Gasteiger partial charge on any atom is 0.416 e. The van der Waals surface area contributed by atoms with E-state index in [2.05, 4.69) is 15.3 Å². The van der Waals surface area contributed by atoms with Crippen LogP contribution in [-0.4, -0.2) is 18.2 Å². The molecular weight excluding hydrogens is 313 g/mol. The van der Waals surface area contributed by atoms with Crippen LogP contribution in [0.2, 0.25) is 0 Å². The van der Waals surface area contributed by atoms with E-state index in [0.717, 1.165) is 12.1 Å². The molecule has 0 aliphatic heterocycles. The van der Waals surface area contributed by atoms with Gasteiger partial charge in [-0.3, -0.25) is 0 Å². The van der Waals surface area contributed by atoms with Gasteiger partial charge in [0.05, 0.1) is 18.2 Å². The lowest BCUT2D eigenvalue weighted by atomic mass is 10.0. The van der Waals surface area contributed by atoms with Crippen LogP contribution in [0.25, 0.3) is 10.4 Å². The highest BCUT2D eigenvalue weighted by Crippen LogP contribution is 2.31. The van der Waals surface area contributed by atoms with Crippen LogP contribution in [-0.2, 0) is 10.9 Å². The summed E-state index contributed by atoms with van der Waals surface area (Å²) in [5.74, 6) is 0. The highest BCUT2D eigenvalue weighted by atomic mass is 19.4. The Bertz CT molecular complexity index is 605. The van der Waals surface area contributed by atoms with E-state index in [9.17, 15) is 18.0 Å². The van der Waals surface area contributed by atoms with Gasteiger partial charge in [-0.2, -0.15) is 13.2 Å². The van der Waals surface area contributed by atoms with Gasteiger partial charge in [0.1, 0.15) is 5.60 Å². The van der Waals surface area contributed by atoms with Crippen molar-refractivity contribution in [1.82, 2.24) is 5.32 Å². The molecule has 0 saturated carbocycles. The lowest BCUT2D eigenvalue weighted by Crippen LogP contribution is -2.36. The van der Waals surface area contributed by atoms with Crippen molar-refractivity contribution in [3.05, 3.63) is 45.8 Å². The molecule has 0 aliphatic carbocycles. The summed E-state index contributed by atoms with van der Waals surface area (Å²) in [4.78, 5) is 14.4. The third-order valence-corrected chi connectivity index (χ3v) is 2.63. The van der Waals surface area contributed by atoms with Crippen LogP contribution in [0.5, 0.6) is 0 Å². The van der Waals surface area contributed by atoms with E-state index in [1.807, 2.05) is 0 Å². The lowest BCUT2D eigenvalue weighted by Gasteiger charge is -2.23. The predicted octanol–water partition coefficient (Wildman–Crippen LogP) is 4.58. The number of hydrogen-bond donors (Lipinski definition) is 1. The zero-order valence-electron chi connectivity index (χ0n) is 12.9. The first kappa shape index (κ1) is 18.6. The van der Waals surface area contributed by atoms with E-state index in [0.29, 0.717) is 0 Å². The Kier molecular flexibility index (Phi) is 5.86. The number of alkyl carbamates (subject to hydrolysis) is 1. The van der Waals surface area contributed by atoms with Gasteiger partial charge in [0.15, 0.2) is 0 Å². The van der Waals surface area contributed by atoms with E-state index in [-0.39, 0.29) is 12.1 Å². The number of halogens is 3. The van der Waals surface area contributed by atoms with E-state index in [1.54, 1.807) is 20.8 Å². The fourth-order valence-corrected chi connectivity index (χ4v) is 1.73. The Morgan fingerprint density at radius 3 is 2.57 bits per heavy atom. The molecule has 23 heavy (non-hydrogen) atoms. The number of benzene rings is 1. The molecule has 1 N–H and O–H groups in total. The third-order valence-electron chi connectivity index (χ3n) is 2.63. The first-order valence-corrected chi connectivity index (χ1v) is 6.70. The van der Waals surface area contributed by atoms with Gasteiger partial charge in [-0.1, -0.05) is 17.2 Å². The smallest absolute Gasteiger partial charge is 0.416 e. The minimum absolute atomic E-state index is 0.165. The molecule has 0 fully saturated rings. The van der Waals surface area contributed by atoms with E-state index >= 15 is 0 Å². The second kappa shape index (κ2) is 7.23. The van der Waals surface area contributed by atoms with E-state index in [1.165, 1.54) is 12.1 Å². The SMILES string of the molecule is CC(C)(C)OC(=O)NC(CN=[N+]=[N-])c1cccc(C(F)(F)F)c1. The van der Waals surface area contributed by atoms with Gasteiger partial charge in [0, 0.05) is 4.91 Å². The fraction of sp³-hybridized carbons (Fsp3) is 0.500. The summed E-state index contributed by atoms with van der Waals surface area (Å²) in [6.07, 6.45) is -5.32. The molecule has 0 heterocycles. The molecule has 1 aromatic rings. The maximum atomic E-state index is 12.8. The lowest BCUT2D eigenvalue weighted by molar-refractivity contribution is -0.137. The van der Waals surface area contributed by atoms with Crippen LogP contribution in [0.1, 0.15) is 37.9 Å². The monoisotopic (exact) mass is 330 g/mol. The highest BCUT2D eigenvalue weighted by molar-refractivity contribution is 5.68. The minimum atomic E-state index is -4.51. The van der Waals surface area contributed by atoms with Gasteiger partial charge < -0.3 is 10.1 Å². The molecule has 126 valence electrons. The number of nitrogens with one attached hydrogen (secondary N) is 1. The van der Waals surface area contributed by atoms with Crippen LogP contribution in [0.4, 0.5) is 18.0 Å². The number of carbonyl (C=O) groups is 1. The average Bonchev–Trinajstić information content (AvgIpc) is 2.40. The summed E-state index contributed by atoms with van der Waals surface area (Å²) in [6.45, 7) is 4.72. The molecule has 1 atom stereocenters. The van der Waals surface area contributed by atoms with Gasteiger partial charge >= 0.3 is 12.3 Å². The Hall–Kier alpha value is -2.41. The topological polar surface area (TPSA) is 87.1 Å². The van der Waals surface area contributed by atoms with Gasteiger partial charge in [-0.05, 0) is 44.0 Å². The number of ether oxygens (including phenoxy) is 1. The van der Waals surface area contributed by atoms with Crippen molar-refractivity contribution in [2.24, 2.45) is 5.11 Å². The molecule has 1 aromatic carbocycles. The van der Waals surface area contributed by atoms with Gasteiger partial charge in [-0.15, -0.1) is 0 Å². The molecule has 1 amide bonds. The summed E-state index contributed by atoms with van der Waals surface area (Å²) < 4.78 is 43.4. The Balaban J connectivity index is 3.02. The number of hydrogen-bond acceptors (Lipinski definition) is 3. The van der Waals surface area contributed by atoms with Crippen molar-refractivity contribution < 1.29 is 22.7 Å². The first-order chi connectivity index (χ1) is 10.5. The molecule has 0 bridgehead atoms. The average molecular weight is 330 g/mol.